The van der Waals surface area contributed by atoms with Gasteiger partial charge in [-0.2, -0.15) is 0 Å². The number of fused-ring (bicyclic) bond motifs is 1. The first-order valence-corrected chi connectivity index (χ1v) is 7.88. The van der Waals surface area contributed by atoms with Crippen LogP contribution in [0.5, 0.6) is 0 Å². The Morgan fingerprint density at radius 2 is 2.16 bits per heavy atom. The van der Waals surface area contributed by atoms with Crippen LogP contribution in [0.3, 0.4) is 0 Å². The van der Waals surface area contributed by atoms with E-state index in [1.807, 2.05) is 0 Å². The molecule has 104 valence electrons. The standard InChI is InChI=1S/C17H26N2/c1-2-17(9-5-10-17)13-18-12-15-7-3-6-14-8-4-11-19-16(14)15/h3,6-7,18-19H,2,4-5,8-13H2,1H3. The van der Waals surface area contributed by atoms with Crippen molar-refractivity contribution in [2.45, 2.75) is 52.0 Å². The molecule has 0 saturated heterocycles. The third-order valence-electron chi connectivity index (χ3n) is 5.14. The summed E-state index contributed by atoms with van der Waals surface area (Å²) in [5.74, 6) is 0. The lowest BCUT2D eigenvalue weighted by Crippen LogP contribution is -2.39. The minimum absolute atomic E-state index is 0.613. The summed E-state index contributed by atoms with van der Waals surface area (Å²) >= 11 is 0. The third kappa shape index (κ3) is 2.64. The monoisotopic (exact) mass is 258 g/mol. The molecule has 1 aromatic rings. The van der Waals surface area contributed by atoms with E-state index in [9.17, 15) is 0 Å². The zero-order valence-corrected chi connectivity index (χ0v) is 12.1. The van der Waals surface area contributed by atoms with Gasteiger partial charge in [-0.1, -0.05) is 31.5 Å². The van der Waals surface area contributed by atoms with E-state index in [4.69, 9.17) is 0 Å². The number of nitrogens with one attached hydrogen (secondary N) is 2. The Balaban J connectivity index is 1.61. The Morgan fingerprint density at radius 1 is 1.26 bits per heavy atom. The van der Waals surface area contributed by atoms with E-state index in [-0.39, 0.29) is 0 Å². The summed E-state index contributed by atoms with van der Waals surface area (Å²) in [4.78, 5) is 0. The van der Waals surface area contributed by atoms with Gasteiger partial charge >= 0.3 is 0 Å². The first-order valence-electron chi connectivity index (χ1n) is 7.88. The molecule has 1 saturated carbocycles. The molecule has 0 atom stereocenters. The van der Waals surface area contributed by atoms with Crippen molar-refractivity contribution in [3.05, 3.63) is 29.3 Å². The van der Waals surface area contributed by atoms with E-state index in [0.29, 0.717) is 5.41 Å². The SMILES string of the molecule is CCC1(CNCc2cccc3c2NCCC3)CCC1. The molecule has 0 radical (unpaired) electrons. The van der Waals surface area contributed by atoms with E-state index in [2.05, 4.69) is 35.8 Å². The molecule has 1 heterocycles. The Morgan fingerprint density at radius 3 is 2.89 bits per heavy atom. The number of hydrogen-bond acceptors (Lipinski definition) is 2. The zero-order valence-electron chi connectivity index (χ0n) is 12.1. The second kappa shape index (κ2) is 5.54. The van der Waals surface area contributed by atoms with Crippen molar-refractivity contribution >= 4 is 5.69 Å². The number of aryl methyl sites for hydroxylation is 1. The lowest BCUT2D eigenvalue weighted by atomic mass is 9.67. The molecule has 19 heavy (non-hydrogen) atoms. The van der Waals surface area contributed by atoms with Gasteiger partial charge in [-0.25, -0.2) is 0 Å². The fourth-order valence-corrected chi connectivity index (χ4v) is 3.52. The van der Waals surface area contributed by atoms with Crippen molar-refractivity contribution in [1.29, 1.82) is 0 Å². The number of para-hydroxylation sites is 1. The van der Waals surface area contributed by atoms with Crippen LogP contribution in [-0.4, -0.2) is 13.1 Å². The summed E-state index contributed by atoms with van der Waals surface area (Å²) in [6, 6.07) is 6.75. The largest absolute Gasteiger partial charge is 0.385 e. The van der Waals surface area contributed by atoms with Gasteiger partial charge in [0.1, 0.15) is 0 Å². The normalized spacial score (nSPS) is 20.3. The van der Waals surface area contributed by atoms with E-state index in [1.54, 1.807) is 0 Å². The molecular weight excluding hydrogens is 232 g/mol. The van der Waals surface area contributed by atoms with Crippen molar-refractivity contribution in [3.8, 4) is 0 Å². The smallest absolute Gasteiger partial charge is 0.0418 e. The molecular formula is C17H26N2. The summed E-state index contributed by atoms with van der Waals surface area (Å²) in [6.45, 7) is 5.67. The maximum atomic E-state index is 3.71. The maximum absolute atomic E-state index is 3.71. The van der Waals surface area contributed by atoms with E-state index in [1.165, 1.54) is 61.9 Å². The number of rotatable bonds is 5. The van der Waals surface area contributed by atoms with Gasteiger partial charge in [0.15, 0.2) is 0 Å². The quantitative estimate of drug-likeness (QED) is 0.841. The molecule has 1 aliphatic carbocycles. The summed E-state index contributed by atoms with van der Waals surface area (Å²) in [5, 5.41) is 7.29. The molecule has 2 N–H and O–H groups in total. The van der Waals surface area contributed by atoms with Gasteiger partial charge in [-0.3, -0.25) is 0 Å². The molecule has 1 aliphatic heterocycles. The van der Waals surface area contributed by atoms with Crippen molar-refractivity contribution in [2.24, 2.45) is 5.41 Å². The molecule has 0 spiro atoms. The highest BCUT2D eigenvalue weighted by Crippen LogP contribution is 2.43. The van der Waals surface area contributed by atoms with Crippen LogP contribution in [0, 0.1) is 5.41 Å². The fourth-order valence-electron chi connectivity index (χ4n) is 3.52. The molecule has 0 unspecified atom stereocenters. The van der Waals surface area contributed by atoms with Crippen LogP contribution < -0.4 is 10.6 Å². The highest BCUT2D eigenvalue weighted by atomic mass is 14.9. The predicted octanol–water partition coefficient (Wildman–Crippen LogP) is 3.71. The first kappa shape index (κ1) is 13.0. The summed E-state index contributed by atoms with van der Waals surface area (Å²) in [5.41, 5.74) is 4.96. The number of anilines is 1. The van der Waals surface area contributed by atoms with Gasteiger partial charge in [0.2, 0.25) is 0 Å². The minimum Gasteiger partial charge on any atom is -0.385 e. The second-order valence-corrected chi connectivity index (χ2v) is 6.29. The molecule has 1 fully saturated rings. The summed E-state index contributed by atoms with van der Waals surface area (Å²) < 4.78 is 0. The third-order valence-corrected chi connectivity index (χ3v) is 5.14. The van der Waals surface area contributed by atoms with Gasteiger partial charge in [0, 0.05) is 25.3 Å². The lowest BCUT2D eigenvalue weighted by Gasteiger charge is -2.41. The average Bonchev–Trinajstić information content (AvgIpc) is 2.42. The van der Waals surface area contributed by atoms with E-state index in [0.717, 1.165) is 13.1 Å². The number of benzene rings is 1. The number of hydrogen-bond donors (Lipinski definition) is 2. The van der Waals surface area contributed by atoms with Gasteiger partial charge in [0.25, 0.3) is 0 Å². The zero-order chi connectivity index (χ0) is 13.1. The second-order valence-electron chi connectivity index (χ2n) is 6.29. The average molecular weight is 258 g/mol. The minimum atomic E-state index is 0.613. The van der Waals surface area contributed by atoms with Gasteiger partial charge < -0.3 is 10.6 Å². The van der Waals surface area contributed by atoms with Crippen LogP contribution in [0.15, 0.2) is 18.2 Å². The van der Waals surface area contributed by atoms with Crippen LogP contribution in [0.2, 0.25) is 0 Å². The molecule has 2 nitrogen and oxygen atoms in total. The van der Waals surface area contributed by atoms with Crippen LogP contribution in [0.1, 0.15) is 50.2 Å². The van der Waals surface area contributed by atoms with Crippen molar-refractivity contribution < 1.29 is 0 Å². The van der Waals surface area contributed by atoms with Crippen molar-refractivity contribution in [2.75, 3.05) is 18.4 Å². The van der Waals surface area contributed by atoms with Crippen LogP contribution in [-0.2, 0) is 13.0 Å². The predicted molar refractivity (Wildman–Crippen MR) is 81.5 cm³/mol. The lowest BCUT2D eigenvalue weighted by molar-refractivity contribution is 0.124. The van der Waals surface area contributed by atoms with Crippen LogP contribution >= 0.6 is 0 Å². The highest BCUT2D eigenvalue weighted by Gasteiger charge is 2.34. The van der Waals surface area contributed by atoms with Crippen molar-refractivity contribution in [1.82, 2.24) is 5.32 Å². The Hall–Kier alpha value is -1.02. The molecule has 0 amide bonds. The fraction of sp³-hybridized carbons (Fsp3) is 0.647. The Kier molecular flexibility index (Phi) is 3.79. The molecule has 1 aromatic carbocycles. The molecule has 0 aromatic heterocycles. The maximum Gasteiger partial charge on any atom is 0.0418 e. The van der Waals surface area contributed by atoms with Gasteiger partial charge in [-0.15, -0.1) is 0 Å². The molecule has 2 heteroatoms. The topological polar surface area (TPSA) is 24.1 Å². The summed E-state index contributed by atoms with van der Waals surface area (Å²) in [6.07, 6.45) is 8.09. The molecule has 3 rings (SSSR count). The molecule has 2 aliphatic rings. The van der Waals surface area contributed by atoms with E-state index >= 15 is 0 Å². The Bertz CT molecular complexity index is 429. The van der Waals surface area contributed by atoms with Crippen LogP contribution in [0.25, 0.3) is 0 Å². The highest BCUT2D eigenvalue weighted by molar-refractivity contribution is 5.59. The van der Waals surface area contributed by atoms with Gasteiger partial charge in [0.05, 0.1) is 0 Å². The molecule has 0 bridgehead atoms. The van der Waals surface area contributed by atoms with Gasteiger partial charge in [-0.05, 0) is 48.6 Å². The Labute approximate surface area is 117 Å². The summed E-state index contributed by atoms with van der Waals surface area (Å²) in [7, 11) is 0. The first-order chi connectivity index (χ1) is 9.33. The van der Waals surface area contributed by atoms with Crippen LogP contribution in [0.4, 0.5) is 5.69 Å². The van der Waals surface area contributed by atoms with Crippen molar-refractivity contribution in [3.63, 3.8) is 0 Å². The van der Waals surface area contributed by atoms with E-state index < -0.39 is 0 Å².